The van der Waals surface area contributed by atoms with E-state index in [1.54, 1.807) is 0 Å². The summed E-state index contributed by atoms with van der Waals surface area (Å²) in [5, 5.41) is 7.04. The molecule has 6 nitrogen and oxygen atoms in total. The molecule has 10 heteroatoms. The van der Waals surface area contributed by atoms with Crippen LogP contribution >= 0.6 is 49.6 Å². The van der Waals surface area contributed by atoms with Crippen LogP contribution in [0.25, 0.3) is 45.7 Å². The van der Waals surface area contributed by atoms with E-state index in [0.717, 1.165) is 60.1 Å². The molecule has 0 aliphatic carbocycles. The van der Waals surface area contributed by atoms with Crippen LogP contribution in [0.1, 0.15) is 60.7 Å². The first-order valence-corrected chi connectivity index (χ1v) is 15.0. The molecule has 7 rings (SSSR count). The second-order valence-electron chi connectivity index (χ2n) is 11.2. The third-order valence-corrected chi connectivity index (χ3v) is 8.30. The van der Waals surface area contributed by atoms with Gasteiger partial charge in [-0.15, -0.1) is 49.6 Å². The molecule has 0 bridgehead atoms. The highest BCUT2D eigenvalue weighted by Gasteiger charge is 2.20. The summed E-state index contributed by atoms with van der Waals surface area (Å²) in [7, 11) is 0. The highest BCUT2D eigenvalue weighted by molar-refractivity contribution is 5.86. The quantitative estimate of drug-likeness (QED) is 0.122. The van der Waals surface area contributed by atoms with E-state index >= 15 is 0 Å². The van der Waals surface area contributed by atoms with Gasteiger partial charge in [0.25, 0.3) is 0 Å². The molecule has 46 heavy (non-hydrogen) atoms. The lowest BCUT2D eigenvalue weighted by atomic mass is 9.93. The Labute approximate surface area is 295 Å². The minimum absolute atomic E-state index is 0. The Hall–Kier alpha value is -3.36. The number of imidazole rings is 2. The third-order valence-electron chi connectivity index (χ3n) is 8.30. The number of halogens is 4. The van der Waals surface area contributed by atoms with Crippen LogP contribution in [0.15, 0.2) is 97.3 Å². The summed E-state index contributed by atoms with van der Waals surface area (Å²) < 4.78 is 0. The van der Waals surface area contributed by atoms with Crippen LogP contribution in [0.4, 0.5) is 0 Å². The zero-order chi connectivity index (χ0) is 28.1. The Morgan fingerprint density at radius 2 is 1.24 bits per heavy atom. The number of allylic oxidation sites excluding steroid dienone is 2. The molecular weight excluding hydrogens is 658 g/mol. The number of benzene rings is 3. The molecule has 0 unspecified atom stereocenters. The molecule has 5 aromatic rings. The number of rotatable bonds is 8. The molecule has 2 saturated heterocycles. The molecule has 4 heterocycles. The Kier molecular flexibility index (Phi) is 14.1. The van der Waals surface area contributed by atoms with E-state index < -0.39 is 0 Å². The highest BCUT2D eigenvalue weighted by Crippen LogP contribution is 2.33. The predicted octanol–water partition coefficient (Wildman–Crippen LogP) is 9.40. The summed E-state index contributed by atoms with van der Waals surface area (Å²) in [6.45, 7) is 2.12. The summed E-state index contributed by atoms with van der Waals surface area (Å²) in [5.74, 6) is 2.05. The topological polar surface area (TPSA) is 81.4 Å². The van der Waals surface area contributed by atoms with Gasteiger partial charge >= 0.3 is 0 Å². The van der Waals surface area contributed by atoms with Crippen LogP contribution < -0.4 is 10.6 Å². The average molecular weight is 699 g/mol. The van der Waals surface area contributed by atoms with Gasteiger partial charge in [0.1, 0.15) is 11.6 Å². The van der Waals surface area contributed by atoms with Crippen molar-refractivity contribution in [3.63, 3.8) is 0 Å². The van der Waals surface area contributed by atoms with E-state index in [4.69, 9.17) is 4.98 Å². The SMILES string of the molecule is C(C=Cc1ccc(-c2cnc([C@@H]3CCCN3)[nH]2)cc1-c1cccc(-c2ccccc2)c1)=Cc1cnc([C@@H]2CCCN2)[nH]1.Cl.Cl.Cl.Cl. The Balaban J connectivity index is 0.00000144. The summed E-state index contributed by atoms with van der Waals surface area (Å²) in [4.78, 5) is 16.3. The number of aromatic amines is 2. The van der Waals surface area contributed by atoms with Gasteiger partial charge in [0.2, 0.25) is 0 Å². The van der Waals surface area contributed by atoms with Gasteiger partial charge in [-0.3, -0.25) is 0 Å². The summed E-state index contributed by atoms with van der Waals surface area (Å²) in [6, 6.07) is 26.7. The number of H-pyrrole nitrogens is 2. The lowest BCUT2D eigenvalue weighted by Crippen LogP contribution is -2.14. The monoisotopic (exact) mass is 696 g/mol. The molecule has 0 saturated carbocycles. The first-order chi connectivity index (χ1) is 20.8. The van der Waals surface area contributed by atoms with Crippen molar-refractivity contribution < 1.29 is 0 Å². The van der Waals surface area contributed by atoms with Gasteiger partial charge in [0, 0.05) is 5.56 Å². The van der Waals surface area contributed by atoms with Gasteiger partial charge in [0.05, 0.1) is 35.9 Å². The van der Waals surface area contributed by atoms with E-state index in [-0.39, 0.29) is 49.6 Å². The Morgan fingerprint density at radius 3 is 1.96 bits per heavy atom. The van der Waals surface area contributed by atoms with Gasteiger partial charge in [-0.25, -0.2) is 9.97 Å². The Morgan fingerprint density at radius 1 is 0.587 bits per heavy atom. The molecule has 2 aliphatic rings. The summed E-state index contributed by atoms with van der Waals surface area (Å²) in [5.41, 5.74) is 9.13. The van der Waals surface area contributed by atoms with Gasteiger partial charge in [-0.1, -0.05) is 78.9 Å². The smallest absolute Gasteiger partial charge is 0.123 e. The van der Waals surface area contributed by atoms with Gasteiger partial charge in [-0.2, -0.15) is 0 Å². The van der Waals surface area contributed by atoms with Crippen molar-refractivity contribution in [1.29, 1.82) is 0 Å². The van der Waals surface area contributed by atoms with Crippen molar-refractivity contribution in [3.8, 4) is 33.5 Å². The van der Waals surface area contributed by atoms with E-state index in [1.807, 2.05) is 12.4 Å². The molecular formula is C36H40Cl4N6. The van der Waals surface area contributed by atoms with Crippen molar-refractivity contribution in [2.45, 2.75) is 37.8 Å². The molecule has 4 N–H and O–H groups in total. The van der Waals surface area contributed by atoms with Crippen molar-refractivity contribution in [1.82, 2.24) is 30.6 Å². The van der Waals surface area contributed by atoms with E-state index in [1.165, 1.54) is 35.1 Å². The van der Waals surface area contributed by atoms with Crippen molar-refractivity contribution in [3.05, 3.63) is 120 Å². The van der Waals surface area contributed by atoms with Crippen LogP contribution in [0, 0.1) is 0 Å². The zero-order valence-corrected chi connectivity index (χ0v) is 28.6. The van der Waals surface area contributed by atoms with Gasteiger partial charge in [0.15, 0.2) is 0 Å². The third kappa shape index (κ3) is 8.51. The fourth-order valence-electron chi connectivity index (χ4n) is 6.04. The number of aromatic nitrogens is 4. The average Bonchev–Trinajstić information content (AvgIpc) is 3.87. The normalized spacial score (nSPS) is 17.3. The van der Waals surface area contributed by atoms with Crippen LogP contribution in [0.5, 0.6) is 0 Å². The Bertz CT molecular complexity index is 1720. The maximum atomic E-state index is 4.72. The molecule has 2 aromatic heterocycles. The van der Waals surface area contributed by atoms with E-state index in [9.17, 15) is 0 Å². The molecule has 2 aliphatic heterocycles. The van der Waals surface area contributed by atoms with E-state index in [0.29, 0.717) is 12.1 Å². The second-order valence-corrected chi connectivity index (χ2v) is 11.2. The molecule has 2 atom stereocenters. The number of hydrogen-bond donors (Lipinski definition) is 4. The second kappa shape index (κ2) is 17.5. The first kappa shape index (κ1) is 37.1. The van der Waals surface area contributed by atoms with Crippen molar-refractivity contribution >= 4 is 61.8 Å². The molecule has 2 fully saturated rings. The van der Waals surface area contributed by atoms with Gasteiger partial charge < -0.3 is 20.6 Å². The first-order valence-electron chi connectivity index (χ1n) is 15.0. The minimum Gasteiger partial charge on any atom is -0.341 e. The van der Waals surface area contributed by atoms with Gasteiger partial charge in [-0.05, 0) is 84.8 Å². The molecule has 0 radical (unpaired) electrons. The zero-order valence-electron chi connectivity index (χ0n) is 25.3. The predicted molar refractivity (Wildman–Crippen MR) is 200 cm³/mol. The maximum Gasteiger partial charge on any atom is 0.123 e. The summed E-state index contributed by atoms with van der Waals surface area (Å²) in [6.07, 6.45) is 17.0. The van der Waals surface area contributed by atoms with Crippen LogP contribution in [0.3, 0.4) is 0 Å². The highest BCUT2D eigenvalue weighted by atomic mass is 35.5. The largest absolute Gasteiger partial charge is 0.341 e. The van der Waals surface area contributed by atoms with Crippen molar-refractivity contribution in [2.75, 3.05) is 13.1 Å². The molecule has 0 spiro atoms. The number of nitrogens with one attached hydrogen (secondary N) is 4. The number of nitrogens with zero attached hydrogens (tertiary/aromatic N) is 2. The summed E-state index contributed by atoms with van der Waals surface area (Å²) >= 11 is 0. The molecule has 242 valence electrons. The fraction of sp³-hybridized carbons (Fsp3) is 0.222. The fourth-order valence-corrected chi connectivity index (χ4v) is 6.04. The van der Waals surface area contributed by atoms with Crippen LogP contribution in [-0.2, 0) is 0 Å². The number of hydrogen-bond acceptors (Lipinski definition) is 4. The van der Waals surface area contributed by atoms with E-state index in [2.05, 4.69) is 123 Å². The van der Waals surface area contributed by atoms with Crippen LogP contribution in [-0.4, -0.2) is 33.0 Å². The molecule has 0 amide bonds. The molecule has 3 aromatic carbocycles. The standard InChI is InChI=1S/C36H36N6.4ClH/c1-2-9-25(10-3-1)27-12-6-13-28(21-27)31-22-29(34-24-40-36(42-34)33-16-8-20-38-33)18-17-26(31)11-4-5-14-30-23-39-35(41-30)32-15-7-19-37-32;;;;/h1-6,9-14,17-18,21-24,32-33,37-38H,7-8,15-16,19-20H2,(H,39,41)(H,40,42);4*1H/t32-,33-;;;;/m0..../s1. The maximum absolute atomic E-state index is 4.72. The van der Waals surface area contributed by atoms with Crippen molar-refractivity contribution in [2.24, 2.45) is 0 Å². The minimum atomic E-state index is 0. The lowest BCUT2D eigenvalue weighted by Gasteiger charge is -2.11. The lowest BCUT2D eigenvalue weighted by molar-refractivity contribution is 0.612. The van der Waals surface area contributed by atoms with Crippen LogP contribution in [0.2, 0.25) is 0 Å².